The summed E-state index contributed by atoms with van der Waals surface area (Å²) >= 11 is 0. The third-order valence-corrected chi connectivity index (χ3v) is 2.71. The van der Waals surface area contributed by atoms with Crippen molar-refractivity contribution in [1.82, 2.24) is 0 Å². The summed E-state index contributed by atoms with van der Waals surface area (Å²) in [6, 6.07) is 9.07. The van der Waals surface area contributed by atoms with Crippen LogP contribution in [0.15, 0.2) is 23.2 Å². The van der Waals surface area contributed by atoms with E-state index in [2.05, 4.69) is 31.8 Å². The number of nitrogens with zero attached hydrogens (tertiary/aromatic N) is 1. The Hall–Kier alpha value is 0.526. The number of rotatable bonds is 0. The van der Waals surface area contributed by atoms with Crippen molar-refractivity contribution in [2.24, 2.45) is 4.99 Å². The van der Waals surface area contributed by atoms with Crippen LogP contribution >= 0.6 is 0 Å². The zero-order chi connectivity index (χ0) is 8.77. The van der Waals surface area contributed by atoms with Gasteiger partial charge in [0.05, 0.1) is 0 Å². The van der Waals surface area contributed by atoms with Crippen molar-refractivity contribution in [3.63, 3.8) is 0 Å². The van der Waals surface area contributed by atoms with Crippen LogP contribution in [0, 0.1) is 6.07 Å². The van der Waals surface area contributed by atoms with Crippen molar-refractivity contribution in [2.75, 3.05) is 0 Å². The van der Waals surface area contributed by atoms with Crippen LogP contribution in [0.2, 0.25) is 0 Å². The van der Waals surface area contributed by atoms with Gasteiger partial charge in [0.2, 0.25) is 0 Å². The molecule has 0 aliphatic carbocycles. The summed E-state index contributed by atoms with van der Waals surface area (Å²) in [5.74, 6) is 0. The van der Waals surface area contributed by atoms with Crippen molar-refractivity contribution in [2.45, 2.75) is 26.2 Å². The van der Waals surface area contributed by atoms with Crippen molar-refractivity contribution in [3.8, 4) is 0 Å². The molecule has 1 aromatic carbocycles. The first kappa shape index (κ1) is 11.6. The molecule has 2 heteroatoms. The van der Waals surface area contributed by atoms with Gasteiger partial charge in [0, 0.05) is 5.71 Å². The summed E-state index contributed by atoms with van der Waals surface area (Å²) in [7, 11) is 0. The monoisotopic (exact) mass is 197 g/mol. The van der Waals surface area contributed by atoms with E-state index in [4.69, 9.17) is 0 Å². The van der Waals surface area contributed by atoms with Gasteiger partial charge in [-0.05, 0) is 18.0 Å². The van der Waals surface area contributed by atoms with Gasteiger partial charge in [-0.15, -0.1) is 11.6 Å². The number of benzene rings is 1. The third-order valence-electron chi connectivity index (χ3n) is 2.71. The Labute approximate surface area is 122 Å². The Bertz CT molecular complexity index is 353. The molecule has 62 valence electrons. The summed E-state index contributed by atoms with van der Waals surface area (Å²) < 4.78 is 0. The largest absolute Gasteiger partial charge is 1.00 e. The molecule has 13 heavy (non-hydrogen) atoms. The van der Waals surface area contributed by atoms with Crippen molar-refractivity contribution >= 4 is 11.4 Å². The molecule has 0 spiro atoms. The molecule has 1 aromatic rings. The normalized spacial score (nSPS) is 17.3. The van der Waals surface area contributed by atoms with Gasteiger partial charge in [-0.25, -0.2) is 0 Å². The van der Waals surface area contributed by atoms with Crippen molar-refractivity contribution in [1.29, 1.82) is 0 Å². The zero-order valence-corrected chi connectivity index (χ0v) is 11.8. The van der Waals surface area contributed by atoms with E-state index < -0.39 is 0 Å². The van der Waals surface area contributed by atoms with E-state index in [-0.39, 0.29) is 56.8 Å². The number of aliphatic imine (C=N–C) groups is 1. The van der Waals surface area contributed by atoms with Gasteiger partial charge < -0.3 is 0 Å². The molecule has 0 atom stereocenters. The van der Waals surface area contributed by atoms with E-state index in [0.29, 0.717) is 0 Å². The molecule has 0 bridgehead atoms. The van der Waals surface area contributed by atoms with Gasteiger partial charge in [0.1, 0.15) is 0 Å². The minimum absolute atomic E-state index is 0. The maximum atomic E-state index is 4.50. The number of hydrogen-bond donors (Lipinski definition) is 0. The topological polar surface area (TPSA) is 12.4 Å². The smallest absolute Gasteiger partial charge is 0.284 e. The Morgan fingerprint density at radius 1 is 1.38 bits per heavy atom. The minimum atomic E-state index is 0. The average Bonchev–Trinajstić information content (AvgIpc) is 2.25. The first-order chi connectivity index (χ1) is 5.62. The maximum absolute atomic E-state index is 4.50. The molecule has 1 nitrogen and oxygen atoms in total. The molecular formula is C11H12KN. The van der Waals surface area contributed by atoms with Crippen LogP contribution in [0.4, 0.5) is 5.69 Å². The molecule has 2 rings (SSSR count). The van der Waals surface area contributed by atoms with Crippen molar-refractivity contribution < 1.29 is 51.4 Å². The summed E-state index contributed by atoms with van der Waals surface area (Å²) in [5, 5.41) is 0. The van der Waals surface area contributed by atoms with Crippen LogP contribution in [-0.4, -0.2) is 5.71 Å². The van der Waals surface area contributed by atoms with Gasteiger partial charge in [0.15, 0.2) is 0 Å². The third kappa shape index (κ3) is 1.83. The predicted molar refractivity (Wildman–Crippen MR) is 51.1 cm³/mol. The zero-order valence-electron chi connectivity index (χ0n) is 8.68. The van der Waals surface area contributed by atoms with E-state index in [0.717, 1.165) is 5.69 Å². The van der Waals surface area contributed by atoms with Gasteiger partial charge >= 0.3 is 51.4 Å². The first-order valence-corrected chi connectivity index (χ1v) is 4.19. The van der Waals surface area contributed by atoms with E-state index in [9.17, 15) is 0 Å². The predicted octanol–water partition coefficient (Wildman–Crippen LogP) is -0.126. The van der Waals surface area contributed by atoms with E-state index in [1.54, 1.807) is 0 Å². The molecule has 1 heterocycles. The first-order valence-electron chi connectivity index (χ1n) is 4.19. The minimum Gasteiger partial charge on any atom is -0.284 e. The Morgan fingerprint density at radius 3 is 2.69 bits per heavy atom. The standard InChI is InChI=1S/C11H12N.K/c1-8-11(2,3)9-6-4-5-7-10(9)12-8;/h5-7H,1-3H3;/q-1;+1. The second-order valence-electron chi connectivity index (χ2n) is 3.77. The molecule has 1 aliphatic heterocycles. The Balaban J connectivity index is 0.000000845. The molecule has 0 N–H and O–H groups in total. The second kappa shape index (κ2) is 3.95. The maximum Gasteiger partial charge on any atom is 1.00 e. The number of fused-ring (bicyclic) bond motifs is 1. The van der Waals surface area contributed by atoms with Crippen LogP contribution in [0.3, 0.4) is 0 Å². The molecule has 0 amide bonds. The quantitative estimate of drug-likeness (QED) is 0.406. The molecule has 0 radical (unpaired) electrons. The summed E-state index contributed by atoms with van der Waals surface area (Å²) in [4.78, 5) is 4.50. The molecule has 0 aromatic heterocycles. The summed E-state index contributed by atoms with van der Waals surface area (Å²) in [6.07, 6.45) is 0. The van der Waals surface area contributed by atoms with Gasteiger partial charge in [-0.3, -0.25) is 4.99 Å². The molecule has 0 saturated carbocycles. The summed E-state index contributed by atoms with van der Waals surface area (Å²) in [6.45, 7) is 6.48. The molecular weight excluding hydrogens is 185 g/mol. The number of hydrogen-bond acceptors (Lipinski definition) is 1. The van der Waals surface area contributed by atoms with Crippen molar-refractivity contribution in [3.05, 3.63) is 29.8 Å². The van der Waals surface area contributed by atoms with Crippen LogP contribution in [-0.2, 0) is 5.41 Å². The summed E-state index contributed by atoms with van der Waals surface area (Å²) in [5.41, 5.74) is 3.70. The van der Waals surface area contributed by atoms with Crippen LogP contribution < -0.4 is 51.4 Å². The Kier molecular flexibility index (Phi) is 3.52. The SMILES string of the molecule is CC1=Nc2cc[c-]cc2C1(C)C.[K+]. The van der Waals surface area contributed by atoms with E-state index in [1.807, 2.05) is 18.2 Å². The fourth-order valence-corrected chi connectivity index (χ4v) is 1.54. The van der Waals surface area contributed by atoms with Crippen LogP contribution in [0.5, 0.6) is 0 Å². The van der Waals surface area contributed by atoms with Gasteiger partial charge in [0.25, 0.3) is 0 Å². The average molecular weight is 197 g/mol. The van der Waals surface area contributed by atoms with Gasteiger partial charge in [-0.2, -0.15) is 18.2 Å². The molecule has 1 aliphatic rings. The van der Waals surface area contributed by atoms with E-state index >= 15 is 0 Å². The Morgan fingerprint density at radius 2 is 2.08 bits per heavy atom. The van der Waals surface area contributed by atoms with E-state index in [1.165, 1.54) is 11.3 Å². The van der Waals surface area contributed by atoms with Crippen LogP contribution in [0.1, 0.15) is 26.3 Å². The molecule has 0 unspecified atom stereocenters. The molecule has 0 saturated heterocycles. The fourth-order valence-electron chi connectivity index (χ4n) is 1.54. The van der Waals surface area contributed by atoms with Gasteiger partial charge in [-0.1, -0.05) is 13.8 Å². The fraction of sp³-hybridized carbons (Fsp3) is 0.364. The van der Waals surface area contributed by atoms with Crippen LogP contribution in [0.25, 0.3) is 0 Å². The second-order valence-corrected chi connectivity index (χ2v) is 3.77. The molecule has 0 fully saturated rings.